The van der Waals surface area contributed by atoms with Crippen LogP contribution in [-0.4, -0.2) is 5.60 Å². The number of ether oxygens (including phenoxy) is 1. The molecule has 0 amide bonds. The standard InChI is InChI=1S/C17H18O/c1-12-9-10-15-14(11-12)16(17(2,3)18-15)13-7-5-4-6-8-13/h4-11,16H,1-3H3. The normalized spacial score (nSPS) is 20.3. The third kappa shape index (κ3) is 1.71. The Labute approximate surface area is 108 Å². The van der Waals surface area contributed by atoms with E-state index in [1.165, 1.54) is 16.7 Å². The summed E-state index contributed by atoms with van der Waals surface area (Å²) in [6, 6.07) is 17.1. The Hall–Kier alpha value is -1.76. The van der Waals surface area contributed by atoms with Crippen LogP contribution in [0.4, 0.5) is 0 Å². The average Bonchev–Trinajstić information content (AvgIpc) is 2.60. The maximum atomic E-state index is 6.12. The minimum atomic E-state index is -0.183. The van der Waals surface area contributed by atoms with Crippen LogP contribution in [0.15, 0.2) is 48.5 Å². The zero-order chi connectivity index (χ0) is 12.8. The van der Waals surface area contributed by atoms with Crippen LogP contribution in [0.25, 0.3) is 0 Å². The van der Waals surface area contributed by atoms with Gasteiger partial charge in [-0.25, -0.2) is 0 Å². The van der Waals surface area contributed by atoms with Crippen molar-refractivity contribution in [3.8, 4) is 5.75 Å². The minimum absolute atomic E-state index is 0.183. The van der Waals surface area contributed by atoms with Crippen molar-refractivity contribution in [3.63, 3.8) is 0 Å². The first-order valence-electron chi connectivity index (χ1n) is 6.42. The predicted octanol–water partition coefficient (Wildman–Crippen LogP) is 4.30. The fraction of sp³-hybridized carbons (Fsp3) is 0.294. The van der Waals surface area contributed by atoms with Crippen LogP contribution in [0.2, 0.25) is 0 Å². The molecule has 0 fully saturated rings. The highest BCUT2D eigenvalue weighted by molar-refractivity contribution is 5.50. The van der Waals surface area contributed by atoms with Gasteiger partial charge in [0.05, 0.1) is 5.92 Å². The van der Waals surface area contributed by atoms with Gasteiger partial charge in [0.1, 0.15) is 11.4 Å². The molecular formula is C17H18O. The lowest BCUT2D eigenvalue weighted by atomic mass is 9.81. The number of hydrogen-bond acceptors (Lipinski definition) is 1. The fourth-order valence-electron chi connectivity index (χ4n) is 2.93. The lowest BCUT2D eigenvalue weighted by molar-refractivity contribution is 0.122. The van der Waals surface area contributed by atoms with Gasteiger partial charge in [-0.05, 0) is 32.4 Å². The molecule has 2 aromatic rings. The van der Waals surface area contributed by atoms with Gasteiger partial charge < -0.3 is 4.74 Å². The van der Waals surface area contributed by atoms with Crippen molar-refractivity contribution in [2.24, 2.45) is 0 Å². The molecule has 1 heteroatoms. The third-order valence-electron chi connectivity index (χ3n) is 3.68. The molecule has 1 nitrogen and oxygen atoms in total. The van der Waals surface area contributed by atoms with E-state index >= 15 is 0 Å². The average molecular weight is 238 g/mol. The van der Waals surface area contributed by atoms with Crippen LogP contribution >= 0.6 is 0 Å². The van der Waals surface area contributed by atoms with Gasteiger partial charge in [0.2, 0.25) is 0 Å². The quantitative estimate of drug-likeness (QED) is 0.719. The highest BCUT2D eigenvalue weighted by Gasteiger charge is 2.41. The molecule has 92 valence electrons. The van der Waals surface area contributed by atoms with Crippen LogP contribution in [-0.2, 0) is 0 Å². The van der Waals surface area contributed by atoms with Crippen molar-refractivity contribution in [3.05, 3.63) is 65.2 Å². The molecule has 0 bridgehead atoms. The van der Waals surface area contributed by atoms with Crippen LogP contribution in [0.5, 0.6) is 5.75 Å². The third-order valence-corrected chi connectivity index (χ3v) is 3.68. The first-order chi connectivity index (χ1) is 8.58. The van der Waals surface area contributed by atoms with E-state index in [9.17, 15) is 0 Å². The second-order valence-electron chi connectivity index (χ2n) is 5.59. The molecule has 0 spiro atoms. The van der Waals surface area contributed by atoms with Gasteiger partial charge in [0.25, 0.3) is 0 Å². The second kappa shape index (κ2) is 3.88. The summed E-state index contributed by atoms with van der Waals surface area (Å²) >= 11 is 0. The Kier molecular flexibility index (Phi) is 2.44. The van der Waals surface area contributed by atoms with E-state index in [-0.39, 0.29) is 5.60 Å². The molecule has 3 rings (SSSR count). The van der Waals surface area contributed by atoms with Gasteiger partial charge in [-0.1, -0.05) is 48.0 Å². The minimum Gasteiger partial charge on any atom is -0.487 e. The smallest absolute Gasteiger partial charge is 0.124 e. The monoisotopic (exact) mass is 238 g/mol. The van der Waals surface area contributed by atoms with Crippen molar-refractivity contribution >= 4 is 0 Å². The maximum Gasteiger partial charge on any atom is 0.124 e. The molecule has 1 aliphatic heterocycles. The first-order valence-corrected chi connectivity index (χ1v) is 6.42. The molecule has 18 heavy (non-hydrogen) atoms. The Morgan fingerprint density at radius 1 is 1.00 bits per heavy atom. The van der Waals surface area contributed by atoms with Crippen molar-refractivity contribution in [2.75, 3.05) is 0 Å². The van der Waals surface area contributed by atoms with Crippen LogP contribution < -0.4 is 4.74 Å². The molecule has 0 saturated carbocycles. The molecule has 1 heterocycles. The largest absolute Gasteiger partial charge is 0.487 e. The summed E-state index contributed by atoms with van der Waals surface area (Å²) in [7, 11) is 0. The molecule has 1 atom stereocenters. The van der Waals surface area contributed by atoms with Gasteiger partial charge >= 0.3 is 0 Å². The molecule has 2 aromatic carbocycles. The molecule has 0 saturated heterocycles. The highest BCUT2D eigenvalue weighted by atomic mass is 16.5. The number of rotatable bonds is 1. The van der Waals surface area contributed by atoms with Gasteiger partial charge in [-0.2, -0.15) is 0 Å². The number of aryl methyl sites for hydroxylation is 1. The molecule has 0 N–H and O–H groups in total. The second-order valence-corrected chi connectivity index (χ2v) is 5.59. The summed E-state index contributed by atoms with van der Waals surface area (Å²) < 4.78 is 6.12. The molecule has 0 radical (unpaired) electrons. The van der Waals surface area contributed by atoms with E-state index in [1.54, 1.807) is 0 Å². The number of benzene rings is 2. The topological polar surface area (TPSA) is 9.23 Å². The maximum absolute atomic E-state index is 6.12. The van der Waals surface area contributed by atoms with E-state index < -0.39 is 0 Å². The van der Waals surface area contributed by atoms with E-state index in [1.807, 2.05) is 0 Å². The molecule has 0 aromatic heterocycles. The molecule has 1 unspecified atom stereocenters. The zero-order valence-corrected chi connectivity index (χ0v) is 11.1. The summed E-state index contributed by atoms with van der Waals surface area (Å²) in [6.07, 6.45) is 0. The lowest BCUT2D eigenvalue weighted by Gasteiger charge is -2.26. The van der Waals surface area contributed by atoms with E-state index in [2.05, 4.69) is 69.3 Å². The van der Waals surface area contributed by atoms with Gasteiger partial charge in [0.15, 0.2) is 0 Å². The molecular weight excluding hydrogens is 220 g/mol. The summed E-state index contributed by atoms with van der Waals surface area (Å²) in [5, 5.41) is 0. The van der Waals surface area contributed by atoms with E-state index in [4.69, 9.17) is 4.74 Å². The predicted molar refractivity (Wildman–Crippen MR) is 74.2 cm³/mol. The Bertz CT molecular complexity index is 569. The number of hydrogen-bond donors (Lipinski definition) is 0. The summed E-state index contributed by atoms with van der Waals surface area (Å²) in [4.78, 5) is 0. The van der Waals surface area contributed by atoms with Crippen molar-refractivity contribution < 1.29 is 4.74 Å². The van der Waals surface area contributed by atoms with Gasteiger partial charge in [-0.15, -0.1) is 0 Å². The fourth-order valence-corrected chi connectivity index (χ4v) is 2.93. The highest BCUT2D eigenvalue weighted by Crippen LogP contribution is 2.48. The summed E-state index contributed by atoms with van der Waals surface area (Å²) in [5.74, 6) is 1.34. The SMILES string of the molecule is Cc1ccc2c(c1)C(c1ccccc1)C(C)(C)O2. The molecule has 0 aliphatic carbocycles. The van der Waals surface area contributed by atoms with Crippen molar-refractivity contribution in [2.45, 2.75) is 32.3 Å². The zero-order valence-electron chi connectivity index (χ0n) is 11.1. The van der Waals surface area contributed by atoms with Crippen LogP contribution in [0.1, 0.15) is 36.5 Å². The Morgan fingerprint density at radius 2 is 1.72 bits per heavy atom. The van der Waals surface area contributed by atoms with Crippen molar-refractivity contribution in [1.82, 2.24) is 0 Å². The summed E-state index contributed by atoms with van der Waals surface area (Å²) in [5.41, 5.74) is 3.74. The van der Waals surface area contributed by atoms with E-state index in [0.717, 1.165) is 5.75 Å². The lowest BCUT2D eigenvalue weighted by Crippen LogP contribution is -2.30. The Morgan fingerprint density at radius 3 is 2.44 bits per heavy atom. The number of fused-ring (bicyclic) bond motifs is 1. The molecule has 1 aliphatic rings. The summed E-state index contributed by atoms with van der Waals surface area (Å²) in [6.45, 7) is 6.47. The van der Waals surface area contributed by atoms with Gasteiger partial charge in [-0.3, -0.25) is 0 Å². The van der Waals surface area contributed by atoms with Gasteiger partial charge in [0, 0.05) is 5.56 Å². The van der Waals surface area contributed by atoms with Crippen molar-refractivity contribution in [1.29, 1.82) is 0 Å². The van der Waals surface area contributed by atoms with Crippen LogP contribution in [0, 0.1) is 6.92 Å². The van der Waals surface area contributed by atoms with E-state index in [0.29, 0.717) is 5.92 Å². The Balaban J connectivity index is 2.16. The van der Waals surface area contributed by atoms with Crippen LogP contribution in [0.3, 0.4) is 0 Å². The first kappa shape index (κ1) is 11.3.